The highest BCUT2D eigenvalue weighted by Gasteiger charge is 2.08. The van der Waals surface area contributed by atoms with Crippen LogP contribution in [0.2, 0.25) is 0 Å². The van der Waals surface area contributed by atoms with Crippen LogP contribution in [0.1, 0.15) is 5.89 Å². The lowest BCUT2D eigenvalue weighted by molar-refractivity contribution is 0.380. The van der Waals surface area contributed by atoms with Crippen LogP contribution in [0.15, 0.2) is 22.7 Å². The Balaban J connectivity index is 2.40. The number of aromatic nitrogens is 2. The number of rotatable bonds is 2. The molecule has 1 aromatic heterocycles. The highest BCUT2D eigenvalue weighted by Crippen LogP contribution is 2.25. The maximum absolute atomic E-state index is 9.23. The molecule has 0 amide bonds. The second-order valence-corrected chi connectivity index (χ2v) is 2.99. The lowest BCUT2D eigenvalue weighted by atomic mass is 10.2. The zero-order valence-electron chi connectivity index (χ0n) is 7.84. The minimum absolute atomic E-state index is 0.0290. The van der Waals surface area contributed by atoms with Gasteiger partial charge in [-0.2, -0.15) is 4.98 Å². The summed E-state index contributed by atoms with van der Waals surface area (Å²) in [6, 6.07) is 4.69. The van der Waals surface area contributed by atoms with Crippen LogP contribution in [-0.2, 0) is 6.54 Å². The third-order valence-corrected chi connectivity index (χ3v) is 1.93. The van der Waals surface area contributed by atoms with Crippen LogP contribution in [0.25, 0.3) is 11.4 Å². The molecule has 0 aliphatic rings. The van der Waals surface area contributed by atoms with E-state index in [0.717, 1.165) is 0 Å². The van der Waals surface area contributed by atoms with E-state index in [-0.39, 0.29) is 18.0 Å². The van der Waals surface area contributed by atoms with E-state index in [1.165, 1.54) is 6.07 Å². The van der Waals surface area contributed by atoms with Crippen LogP contribution >= 0.6 is 0 Å². The summed E-state index contributed by atoms with van der Waals surface area (Å²) in [5.41, 5.74) is 11.8. The summed E-state index contributed by atoms with van der Waals surface area (Å²) >= 11 is 0. The van der Waals surface area contributed by atoms with Crippen molar-refractivity contribution in [3.63, 3.8) is 0 Å². The summed E-state index contributed by atoms with van der Waals surface area (Å²) < 4.78 is 4.85. The second kappa shape index (κ2) is 3.58. The average molecular weight is 206 g/mol. The molecule has 15 heavy (non-hydrogen) atoms. The topological polar surface area (TPSA) is 111 Å². The third-order valence-electron chi connectivity index (χ3n) is 1.93. The molecule has 1 aromatic carbocycles. The Morgan fingerprint density at radius 3 is 2.80 bits per heavy atom. The Morgan fingerprint density at radius 2 is 2.20 bits per heavy atom. The Hall–Kier alpha value is -2.08. The van der Waals surface area contributed by atoms with Crippen LogP contribution in [0.3, 0.4) is 0 Å². The highest BCUT2D eigenvalue weighted by molar-refractivity contribution is 5.65. The number of phenols is 1. The number of anilines is 1. The molecule has 2 rings (SSSR count). The highest BCUT2D eigenvalue weighted by atomic mass is 16.5. The van der Waals surface area contributed by atoms with E-state index in [2.05, 4.69) is 10.1 Å². The molecule has 78 valence electrons. The molecule has 0 unspecified atom stereocenters. The minimum Gasteiger partial charge on any atom is -0.506 e. The van der Waals surface area contributed by atoms with Gasteiger partial charge in [-0.3, -0.25) is 0 Å². The van der Waals surface area contributed by atoms with E-state index in [4.69, 9.17) is 16.0 Å². The Kier molecular flexibility index (Phi) is 2.26. The largest absolute Gasteiger partial charge is 0.506 e. The van der Waals surface area contributed by atoms with Crippen LogP contribution in [-0.4, -0.2) is 15.2 Å². The molecule has 2 aromatic rings. The number of hydrogen-bond donors (Lipinski definition) is 3. The molecule has 0 bridgehead atoms. The van der Waals surface area contributed by atoms with E-state index in [9.17, 15) is 5.11 Å². The number of nitrogen functional groups attached to an aromatic ring is 1. The van der Waals surface area contributed by atoms with Gasteiger partial charge in [-0.15, -0.1) is 0 Å². The van der Waals surface area contributed by atoms with E-state index in [1.807, 2.05) is 0 Å². The number of benzene rings is 1. The van der Waals surface area contributed by atoms with E-state index in [0.29, 0.717) is 17.3 Å². The van der Waals surface area contributed by atoms with Crippen LogP contribution in [0, 0.1) is 0 Å². The van der Waals surface area contributed by atoms with Crippen molar-refractivity contribution in [1.29, 1.82) is 0 Å². The van der Waals surface area contributed by atoms with Crippen LogP contribution in [0.4, 0.5) is 5.69 Å². The molecule has 5 N–H and O–H groups in total. The predicted octanol–water partition coefficient (Wildman–Crippen LogP) is 0.483. The molecule has 0 saturated carbocycles. The molecule has 0 aliphatic carbocycles. The van der Waals surface area contributed by atoms with Gasteiger partial charge in [-0.25, -0.2) is 0 Å². The second-order valence-electron chi connectivity index (χ2n) is 2.99. The van der Waals surface area contributed by atoms with Gasteiger partial charge in [0, 0.05) is 5.56 Å². The van der Waals surface area contributed by atoms with Gasteiger partial charge >= 0.3 is 0 Å². The maximum Gasteiger partial charge on any atom is 0.240 e. The van der Waals surface area contributed by atoms with Gasteiger partial charge in [0.05, 0.1) is 12.2 Å². The molecule has 0 radical (unpaired) electrons. The molecule has 0 saturated heterocycles. The fourth-order valence-electron chi connectivity index (χ4n) is 1.15. The van der Waals surface area contributed by atoms with Crippen molar-refractivity contribution >= 4 is 5.69 Å². The lowest BCUT2D eigenvalue weighted by Gasteiger charge is -1.99. The first-order chi connectivity index (χ1) is 7.20. The molecule has 1 heterocycles. The lowest BCUT2D eigenvalue weighted by Crippen LogP contribution is -1.95. The van der Waals surface area contributed by atoms with E-state index >= 15 is 0 Å². The molecular formula is C9H10N4O2. The fourth-order valence-corrected chi connectivity index (χ4v) is 1.15. The summed E-state index contributed by atoms with van der Waals surface area (Å²) in [5, 5.41) is 13.0. The summed E-state index contributed by atoms with van der Waals surface area (Å²) in [5.74, 6) is 0.792. The first-order valence-corrected chi connectivity index (χ1v) is 4.32. The van der Waals surface area contributed by atoms with E-state index in [1.54, 1.807) is 12.1 Å². The molecule has 6 heteroatoms. The number of aromatic hydroxyl groups is 1. The Bertz CT molecular complexity index is 481. The molecule has 0 aliphatic heterocycles. The molecule has 6 nitrogen and oxygen atoms in total. The number of phenolic OH excluding ortho intramolecular Hbond substituents is 1. The van der Waals surface area contributed by atoms with Crippen LogP contribution < -0.4 is 11.5 Å². The monoisotopic (exact) mass is 206 g/mol. The molecule has 0 fully saturated rings. The first kappa shape index (κ1) is 9.47. The first-order valence-electron chi connectivity index (χ1n) is 4.32. The standard InChI is InChI=1S/C9H10N4O2/c10-4-8-12-9(13-15-8)5-1-2-7(14)6(11)3-5/h1-3,14H,4,10-11H2. The van der Waals surface area contributed by atoms with Gasteiger partial charge < -0.3 is 21.1 Å². The van der Waals surface area contributed by atoms with Crippen molar-refractivity contribution in [2.45, 2.75) is 6.54 Å². The summed E-state index contributed by atoms with van der Waals surface area (Å²) in [6.07, 6.45) is 0. The van der Waals surface area contributed by atoms with Gasteiger partial charge in [-0.05, 0) is 18.2 Å². The fraction of sp³-hybridized carbons (Fsp3) is 0.111. The van der Waals surface area contributed by atoms with Gasteiger partial charge in [0.1, 0.15) is 5.75 Å². The number of nitrogens with two attached hydrogens (primary N) is 2. The number of nitrogens with zero attached hydrogens (tertiary/aromatic N) is 2. The van der Waals surface area contributed by atoms with Gasteiger partial charge in [-0.1, -0.05) is 5.16 Å². The van der Waals surface area contributed by atoms with E-state index < -0.39 is 0 Å². The van der Waals surface area contributed by atoms with Crippen molar-refractivity contribution in [1.82, 2.24) is 10.1 Å². The SMILES string of the molecule is NCc1nc(-c2ccc(O)c(N)c2)no1. The predicted molar refractivity (Wildman–Crippen MR) is 53.7 cm³/mol. The van der Waals surface area contributed by atoms with Crippen LogP contribution in [0.5, 0.6) is 5.75 Å². The normalized spacial score (nSPS) is 10.5. The summed E-state index contributed by atoms with van der Waals surface area (Å²) in [6.45, 7) is 0.195. The van der Waals surface area contributed by atoms with Crippen molar-refractivity contribution in [2.24, 2.45) is 5.73 Å². The zero-order valence-corrected chi connectivity index (χ0v) is 7.84. The Morgan fingerprint density at radius 1 is 1.40 bits per heavy atom. The van der Waals surface area contributed by atoms with Crippen molar-refractivity contribution in [3.05, 3.63) is 24.1 Å². The van der Waals surface area contributed by atoms with Gasteiger partial charge in [0.15, 0.2) is 0 Å². The van der Waals surface area contributed by atoms with Crippen molar-refractivity contribution in [2.75, 3.05) is 5.73 Å². The summed E-state index contributed by atoms with van der Waals surface area (Å²) in [7, 11) is 0. The molecule has 0 spiro atoms. The zero-order chi connectivity index (χ0) is 10.8. The van der Waals surface area contributed by atoms with Crippen molar-refractivity contribution in [3.8, 4) is 17.1 Å². The number of hydrogen-bond acceptors (Lipinski definition) is 6. The Labute approximate surface area is 85.5 Å². The van der Waals surface area contributed by atoms with Gasteiger partial charge in [0.2, 0.25) is 11.7 Å². The van der Waals surface area contributed by atoms with Crippen molar-refractivity contribution < 1.29 is 9.63 Å². The average Bonchev–Trinajstić information content (AvgIpc) is 2.70. The third kappa shape index (κ3) is 1.75. The smallest absolute Gasteiger partial charge is 0.240 e. The minimum atomic E-state index is 0.0290. The quantitative estimate of drug-likeness (QED) is 0.487. The summed E-state index contributed by atoms with van der Waals surface area (Å²) in [4.78, 5) is 4.03. The van der Waals surface area contributed by atoms with Gasteiger partial charge in [0.25, 0.3) is 0 Å². The molecular weight excluding hydrogens is 196 g/mol. The maximum atomic E-state index is 9.23. The molecule has 0 atom stereocenters.